The van der Waals surface area contributed by atoms with Gasteiger partial charge in [0, 0.05) is 17.6 Å². The Morgan fingerprint density at radius 2 is 2.05 bits per heavy atom. The van der Waals surface area contributed by atoms with Gasteiger partial charge in [-0.15, -0.1) is 0 Å². The lowest BCUT2D eigenvalue weighted by Crippen LogP contribution is -2.32. The fraction of sp³-hybridized carbons (Fsp3) is 0.647. The first-order valence-electron chi connectivity index (χ1n) is 7.84. The van der Waals surface area contributed by atoms with Crippen molar-refractivity contribution in [1.82, 2.24) is 5.32 Å². The predicted octanol–water partition coefficient (Wildman–Crippen LogP) is 4.48. The van der Waals surface area contributed by atoms with Crippen LogP contribution in [0, 0.1) is 0 Å². The van der Waals surface area contributed by atoms with Crippen molar-refractivity contribution >= 4 is 11.6 Å². The number of halogens is 1. The molecule has 1 spiro atoms. The van der Waals surface area contributed by atoms with Gasteiger partial charge in [-0.25, -0.2) is 0 Å². The van der Waals surface area contributed by atoms with E-state index in [9.17, 15) is 0 Å². The molecule has 0 aromatic heterocycles. The van der Waals surface area contributed by atoms with Gasteiger partial charge in [0.05, 0.1) is 11.7 Å². The maximum Gasteiger partial charge on any atom is 0.0708 e. The largest absolute Gasteiger partial charge is 0.370 e. The third kappa shape index (κ3) is 3.03. The lowest BCUT2D eigenvalue weighted by atomic mass is 9.98. The Balaban J connectivity index is 1.52. The third-order valence-corrected chi connectivity index (χ3v) is 5.22. The van der Waals surface area contributed by atoms with E-state index in [-0.39, 0.29) is 11.6 Å². The SMILES string of the molecule is C[C@H](NC[C@@H]1CCC2(CCCC2)O1)c1ccccc1Cl. The summed E-state index contributed by atoms with van der Waals surface area (Å²) in [4.78, 5) is 0. The van der Waals surface area contributed by atoms with Crippen molar-refractivity contribution in [2.75, 3.05) is 6.54 Å². The Labute approximate surface area is 126 Å². The Morgan fingerprint density at radius 3 is 2.80 bits per heavy atom. The third-order valence-electron chi connectivity index (χ3n) is 4.88. The van der Waals surface area contributed by atoms with E-state index in [0.717, 1.165) is 11.6 Å². The van der Waals surface area contributed by atoms with E-state index in [1.165, 1.54) is 44.1 Å². The monoisotopic (exact) mass is 293 g/mol. The molecular weight excluding hydrogens is 270 g/mol. The second-order valence-corrected chi connectivity index (χ2v) is 6.73. The molecule has 2 nitrogen and oxygen atoms in total. The van der Waals surface area contributed by atoms with Gasteiger partial charge in [0.25, 0.3) is 0 Å². The minimum atomic E-state index is 0.236. The molecule has 1 aromatic rings. The summed E-state index contributed by atoms with van der Waals surface area (Å²) < 4.78 is 6.33. The minimum Gasteiger partial charge on any atom is -0.370 e. The van der Waals surface area contributed by atoms with Gasteiger partial charge in [-0.1, -0.05) is 42.6 Å². The van der Waals surface area contributed by atoms with Crippen molar-refractivity contribution in [2.45, 2.75) is 63.2 Å². The lowest BCUT2D eigenvalue weighted by molar-refractivity contribution is -0.0357. The molecular formula is C17H24ClNO. The summed E-state index contributed by atoms with van der Waals surface area (Å²) in [6.45, 7) is 3.09. The zero-order chi connectivity index (χ0) is 14.0. The van der Waals surface area contributed by atoms with Gasteiger partial charge in [0.15, 0.2) is 0 Å². The van der Waals surface area contributed by atoms with Crippen LogP contribution >= 0.6 is 11.6 Å². The zero-order valence-electron chi connectivity index (χ0n) is 12.2. The molecule has 3 heteroatoms. The maximum absolute atomic E-state index is 6.33. The van der Waals surface area contributed by atoms with E-state index in [0.29, 0.717) is 6.10 Å². The van der Waals surface area contributed by atoms with Crippen LogP contribution in [-0.2, 0) is 4.74 Å². The first kappa shape index (κ1) is 14.4. The van der Waals surface area contributed by atoms with E-state index in [4.69, 9.17) is 16.3 Å². The van der Waals surface area contributed by atoms with E-state index in [1.807, 2.05) is 18.2 Å². The van der Waals surface area contributed by atoms with Gasteiger partial charge in [-0.3, -0.25) is 0 Å². The van der Waals surface area contributed by atoms with Crippen molar-refractivity contribution < 1.29 is 4.74 Å². The first-order valence-corrected chi connectivity index (χ1v) is 8.22. The van der Waals surface area contributed by atoms with Crippen molar-refractivity contribution in [2.24, 2.45) is 0 Å². The average Bonchev–Trinajstić information content (AvgIpc) is 3.07. The summed E-state index contributed by atoms with van der Waals surface area (Å²) in [5, 5.41) is 4.42. The fourth-order valence-corrected chi connectivity index (χ4v) is 3.97. The maximum atomic E-state index is 6.33. The zero-order valence-corrected chi connectivity index (χ0v) is 13.0. The summed E-state index contributed by atoms with van der Waals surface area (Å²) in [6.07, 6.45) is 8.04. The van der Waals surface area contributed by atoms with Gasteiger partial charge in [0.2, 0.25) is 0 Å². The summed E-state index contributed by atoms with van der Waals surface area (Å²) >= 11 is 6.24. The number of rotatable bonds is 4. The fourth-order valence-electron chi connectivity index (χ4n) is 3.67. The smallest absolute Gasteiger partial charge is 0.0708 e. The molecule has 2 aliphatic rings. The van der Waals surface area contributed by atoms with Crippen molar-refractivity contribution in [3.8, 4) is 0 Å². The van der Waals surface area contributed by atoms with Gasteiger partial charge < -0.3 is 10.1 Å². The molecule has 0 amide bonds. The number of hydrogen-bond acceptors (Lipinski definition) is 2. The number of ether oxygens (including phenoxy) is 1. The number of hydrogen-bond donors (Lipinski definition) is 1. The Kier molecular flexibility index (Phi) is 4.34. The highest BCUT2D eigenvalue weighted by Crippen LogP contribution is 2.43. The molecule has 110 valence electrons. The summed E-state index contributed by atoms with van der Waals surface area (Å²) in [6, 6.07) is 8.33. The molecule has 1 saturated carbocycles. The highest BCUT2D eigenvalue weighted by Gasteiger charge is 2.41. The molecule has 0 radical (unpaired) electrons. The molecule has 2 fully saturated rings. The summed E-state index contributed by atoms with van der Waals surface area (Å²) in [5.41, 5.74) is 1.41. The van der Waals surface area contributed by atoms with Gasteiger partial charge >= 0.3 is 0 Å². The van der Waals surface area contributed by atoms with E-state index >= 15 is 0 Å². The van der Waals surface area contributed by atoms with Crippen LogP contribution in [0.4, 0.5) is 0 Å². The van der Waals surface area contributed by atoms with Crippen LogP contribution in [0.1, 0.15) is 57.1 Å². The molecule has 0 bridgehead atoms. The van der Waals surface area contributed by atoms with Crippen LogP contribution in [0.3, 0.4) is 0 Å². The summed E-state index contributed by atoms with van der Waals surface area (Å²) in [7, 11) is 0. The Bertz CT molecular complexity index is 456. The van der Waals surface area contributed by atoms with Gasteiger partial charge in [0.1, 0.15) is 0 Å². The molecule has 1 aliphatic carbocycles. The van der Waals surface area contributed by atoms with Crippen molar-refractivity contribution in [3.05, 3.63) is 34.9 Å². The first-order chi connectivity index (χ1) is 9.69. The summed E-state index contributed by atoms with van der Waals surface area (Å²) in [5.74, 6) is 0. The van der Waals surface area contributed by atoms with Gasteiger partial charge in [-0.05, 0) is 44.2 Å². The van der Waals surface area contributed by atoms with Crippen LogP contribution in [0.15, 0.2) is 24.3 Å². The van der Waals surface area contributed by atoms with Crippen LogP contribution in [0.2, 0.25) is 5.02 Å². The van der Waals surface area contributed by atoms with Crippen LogP contribution in [0.25, 0.3) is 0 Å². The van der Waals surface area contributed by atoms with E-state index in [1.54, 1.807) is 0 Å². The van der Waals surface area contributed by atoms with Crippen molar-refractivity contribution in [1.29, 1.82) is 0 Å². The van der Waals surface area contributed by atoms with E-state index < -0.39 is 0 Å². The normalized spacial score (nSPS) is 26.2. The molecule has 0 unspecified atom stereocenters. The number of benzene rings is 1. The highest BCUT2D eigenvalue weighted by atomic mass is 35.5. The van der Waals surface area contributed by atoms with Crippen molar-refractivity contribution in [3.63, 3.8) is 0 Å². The quantitative estimate of drug-likeness (QED) is 0.883. The topological polar surface area (TPSA) is 21.3 Å². The molecule has 1 aliphatic heterocycles. The second-order valence-electron chi connectivity index (χ2n) is 6.32. The van der Waals surface area contributed by atoms with E-state index in [2.05, 4.69) is 18.3 Å². The average molecular weight is 294 g/mol. The molecule has 20 heavy (non-hydrogen) atoms. The molecule has 1 heterocycles. The van der Waals surface area contributed by atoms with Gasteiger partial charge in [-0.2, -0.15) is 0 Å². The van der Waals surface area contributed by atoms with Crippen LogP contribution in [-0.4, -0.2) is 18.2 Å². The Hall–Kier alpha value is -0.570. The molecule has 1 saturated heterocycles. The standard InChI is InChI=1S/C17H24ClNO/c1-13(15-6-2-3-7-16(15)18)19-12-14-8-11-17(20-14)9-4-5-10-17/h2-3,6-7,13-14,19H,4-5,8-12H2,1H3/t13-,14-/m0/s1. The van der Waals surface area contributed by atoms with Crippen LogP contribution < -0.4 is 5.32 Å². The van der Waals surface area contributed by atoms with Crippen LogP contribution in [0.5, 0.6) is 0 Å². The Morgan fingerprint density at radius 1 is 1.30 bits per heavy atom. The highest BCUT2D eigenvalue weighted by molar-refractivity contribution is 6.31. The molecule has 2 atom stereocenters. The minimum absolute atomic E-state index is 0.236. The predicted molar refractivity (Wildman–Crippen MR) is 83.2 cm³/mol. The lowest BCUT2D eigenvalue weighted by Gasteiger charge is -2.25. The number of nitrogens with one attached hydrogen (secondary N) is 1. The molecule has 1 N–H and O–H groups in total. The second kappa shape index (κ2) is 6.05. The molecule has 1 aromatic carbocycles. The molecule has 3 rings (SSSR count).